The maximum atomic E-state index is 13.2. The number of nitrogens with zero attached hydrogens (tertiary/aromatic N) is 3. The average molecular weight is 560 g/mol. The van der Waals surface area contributed by atoms with Gasteiger partial charge in [-0.25, -0.2) is 8.42 Å². The van der Waals surface area contributed by atoms with Crippen LogP contribution in [0.4, 0.5) is 0 Å². The van der Waals surface area contributed by atoms with Crippen LogP contribution >= 0.6 is 0 Å². The molecule has 0 aromatic heterocycles. The number of ketones is 1. The minimum atomic E-state index is -3.88. The maximum Gasteiger partial charge on any atom is 0.243 e. The zero-order chi connectivity index (χ0) is 28.7. The molecule has 0 spiro atoms. The van der Waals surface area contributed by atoms with Crippen molar-refractivity contribution in [3.05, 3.63) is 53.1 Å². The summed E-state index contributed by atoms with van der Waals surface area (Å²) < 4.78 is 38.5. The summed E-state index contributed by atoms with van der Waals surface area (Å²) in [4.78, 5) is 29.3. The van der Waals surface area contributed by atoms with Crippen molar-refractivity contribution in [3.63, 3.8) is 0 Å². The predicted octanol–water partition coefficient (Wildman–Crippen LogP) is 3.41. The number of hydrogen-bond acceptors (Lipinski definition) is 7. The van der Waals surface area contributed by atoms with Crippen molar-refractivity contribution in [2.45, 2.75) is 57.0 Å². The minimum Gasteiger partial charge on any atom is -0.497 e. The molecule has 214 valence electrons. The lowest BCUT2D eigenvalue weighted by Crippen LogP contribution is -2.34. The van der Waals surface area contributed by atoms with E-state index in [4.69, 9.17) is 9.47 Å². The second-order valence-corrected chi connectivity index (χ2v) is 12.4. The Balaban J connectivity index is 1.47. The molecule has 1 heterocycles. The van der Waals surface area contributed by atoms with Crippen LogP contribution in [-0.4, -0.2) is 88.2 Å². The van der Waals surface area contributed by atoms with Crippen molar-refractivity contribution < 1.29 is 27.5 Å². The van der Waals surface area contributed by atoms with Gasteiger partial charge in [-0.1, -0.05) is 12.1 Å². The number of methoxy groups -OCH3 is 1. The highest BCUT2D eigenvalue weighted by atomic mass is 32.2. The van der Waals surface area contributed by atoms with Crippen molar-refractivity contribution in [1.29, 1.82) is 0 Å². The van der Waals surface area contributed by atoms with Gasteiger partial charge in [0, 0.05) is 39.5 Å². The number of ether oxygens (including phenoxy) is 2. The van der Waals surface area contributed by atoms with Crippen LogP contribution in [0.15, 0.2) is 41.3 Å². The van der Waals surface area contributed by atoms with Crippen LogP contribution in [0, 0.1) is 13.8 Å². The number of benzene rings is 2. The van der Waals surface area contributed by atoms with Crippen molar-refractivity contribution in [2.75, 3.05) is 47.9 Å². The Morgan fingerprint density at radius 2 is 1.67 bits per heavy atom. The molecule has 1 saturated heterocycles. The topological polar surface area (TPSA) is 96.5 Å². The normalized spacial score (nSPS) is 15.9. The summed E-state index contributed by atoms with van der Waals surface area (Å²) in [5, 5.41) is 0. The van der Waals surface area contributed by atoms with Crippen molar-refractivity contribution >= 4 is 21.7 Å². The summed E-state index contributed by atoms with van der Waals surface area (Å²) in [7, 11) is 2.83. The number of amides is 1. The van der Waals surface area contributed by atoms with E-state index in [-0.39, 0.29) is 36.0 Å². The summed E-state index contributed by atoms with van der Waals surface area (Å²) in [5.41, 5.74) is 2.05. The number of aryl methyl sites for hydroxylation is 2. The molecule has 0 aliphatic carbocycles. The van der Waals surface area contributed by atoms with Crippen molar-refractivity contribution in [3.8, 4) is 11.5 Å². The molecule has 0 bridgehead atoms. The molecule has 3 rings (SSSR count). The highest BCUT2D eigenvalue weighted by Gasteiger charge is 2.27. The van der Waals surface area contributed by atoms with E-state index in [1.165, 1.54) is 20.6 Å². The molecule has 1 amide bonds. The lowest BCUT2D eigenvalue weighted by molar-refractivity contribution is -0.132. The molecule has 10 heteroatoms. The van der Waals surface area contributed by atoms with Crippen LogP contribution in [0.5, 0.6) is 11.5 Å². The van der Waals surface area contributed by atoms with Gasteiger partial charge >= 0.3 is 0 Å². The molecule has 0 N–H and O–H groups in total. The molecule has 39 heavy (non-hydrogen) atoms. The first-order valence-electron chi connectivity index (χ1n) is 13.2. The van der Waals surface area contributed by atoms with Gasteiger partial charge in [-0.15, -0.1) is 0 Å². The first-order valence-corrected chi connectivity index (χ1v) is 14.7. The van der Waals surface area contributed by atoms with Crippen LogP contribution in [0.2, 0.25) is 0 Å². The van der Waals surface area contributed by atoms with Gasteiger partial charge in [0.25, 0.3) is 0 Å². The molecular weight excluding hydrogens is 518 g/mol. The van der Waals surface area contributed by atoms with E-state index in [1.807, 2.05) is 24.3 Å². The molecule has 0 saturated carbocycles. The van der Waals surface area contributed by atoms with Gasteiger partial charge in [-0.05, 0) is 81.2 Å². The Hall–Kier alpha value is -2.95. The van der Waals surface area contributed by atoms with Crippen molar-refractivity contribution in [2.24, 2.45) is 0 Å². The van der Waals surface area contributed by atoms with Gasteiger partial charge in [0.05, 0.1) is 18.6 Å². The minimum absolute atomic E-state index is 0.0138. The summed E-state index contributed by atoms with van der Waals surface area (Å²) in [6.07, 6.45) is 2.33. The lowest BCUT2D eigenvalue weighted by Gasteiger charge is -2.21. The smallest absolute Gasteiger partial charge is 0.243 e. The maximum absolute atomic E-state index is 13.2. The van der Waals surface area contributed by atoms with Crippen molar-refractivity contribution in [1.82, 2.24) is 14.1 Å². The first kappa shape index (κ1) is 30.6. The second-order valence-electron chi connectivity index (χ2n) is 10.4. The molecule has 0 radical (unpaired) electrons. The van der Waals surface area contributed by atoms with E-state index in [0.717, 1.165) is 28.6 Å². The van der Waals surface area contributed by atoms with E-state index in [1.54, 1.807) is 37.9 Å². The van der Waals surface area contributed by atoms with Gasteiger partial charge in [0.15, 0.2) is 0 Å². The number of likely N-dealkylation sites (N-methyl/N-ethyl adjacent to an activating group) is 2. The van der Waals surface area contributed by atoms with Crippen LogP contribution in [0.3, 0.4) is 0 Å². The van der Waals surface area contributed by atoms with E-state index in [0.29, 0.717) is 36.1 Å². The Labute approximate surface area is 232 Å². The molecule has 9 nitrogen and oxygen atoms in total. The summed E-state index contributed by atoms with van der Waals surface area (Å²) >= 11 is 0. The summed E-state index contributed by atoms with van der Waals surface area (Å²) in [5.74, 6) is 0.876. The molecule has 1 atom stereocenters. The first-order chi connectivity index (χ1) is 18.4. The zero-order valence-electron chi connectivity index (χ0n) is 23.9. The quantitative estimate of drug-likeness (QED) is 0.371. The van der Waals surface area contributed by atoms with E-state index >= 15 is 0 Å². The van der Waals surface area contributed by atoms with Crippen LogP contribution < -0.4 is 9.47 Å². The SMILES string of the molecule is COc1cc(C)c(S(=O)(=O)N(C)CC(=O)CCC(=O)N(C)Cc2ccc(OCC3CCCN3C)cc2)c(C)c1. The third kappa shape index (κ3) is 8.03. The van der Waals surface area contributed by atoms with Gasteiger partial charge in [0.2, 0.25) is 15.9 Å². The van der Waals surface area contributed by atoms with Crippen LogP contribution in [0.1, 0.15) is 42.4 Å². The Morgan fingerprint density at radius 1 is 1.03 bits per heavy atom. The number of likely N-dealkylation sites (tertiary alicyclic amines) is 1. The zero-order valence-corrected chi connectivity index (χ0v) is 24.7. The third-order valence-corrected chi connectivity index (χ3v) is 9.35. The van der Waals surface area contributed by atoms with Gasteiger partial charge in [-0.3, -0.25) is 9.59 Å². The highest BCUT2D eigenvalue weighted by Crippen LogP contribution is 2.28. The highest BCUT2D eigenvalue weighted by molar-refractivity contribution is 7.89. The molecule has 1 unspecified atom stereocenters. The monoisotopic (exact) mass is 559 g/mol. The second kappa shape index (κ2) is 13.4. The van der Waals surface area contributed by atoms with E-state index < -0.39 is 10.0 Å². The van der Waals surface area contributed by atoms with Gasteiger partial charge in [0.1, 0.15) is 23.9 Å². The fraction of sp³-hybridized carbons (Fsp3) is 0.517. The molecule has 1 aliphatic heterocycles. The standard InChI is InChI=1S/C29H41N3O6S/c1-21-16-27(37-6)17-22(2)29(21)39(35,36)32(5)19-25(33)11-14-28(34)31(4)18-23-9-12-26(13-10-23)38-20-24-8-7-15-30(24)3/h9-10,12-13,16-17,24H,7-8,11,14-15,18-20H2,1-6H3. The number of carbonyl (C=O) groups is 2. The molecule has 1 fully saturated rings. The number of rotatable bonds is 13. The Kier molecular flexibility index (Phi) is 10.5. The molecule has 1 aliphatic rings. The van der Waals surface area contributed by atoms with Crippen LogP contribution in [-0.2, 0) is 26.2 Å². The summed E-state index contributed by atoms with van der Waals surface area (Å²) in [6, 6.07) is 11.5. The number of sulfonamides is 1. The fourth-order valence-corrected chi connectivity index (χ4v) is 6.43. The average Bonchev–Trinajstić information content (AvgIpc) is 3.30. The summed E-state index contributed by atoms with van der Waals surface area (Å²) in [6.45, 7) is 5.27. The molecular formula is C29H41N3O6S. The largest absolute Gasteiger partial charge is 0.497 e. The van der Waals surface area contributed by atoms with Gasteiger partial charge < -0.3 is 19.3 Å². The van der Waals surface area contributed by atoms with E-state index in [2.05, 4.69) is 11.9 Å². The third-order valence-electron chi connectivity index (χ3n) is 7.24. The number of carbonyl (C=O) groups excluding carboxylic acids is 2. The molecule has 2 aromatic rings. The Bertz CT molecular complexity index is 1240. The van der Waals surface area contributed by atoms with E-state index in [9.17, 15) is 18.0 Å². The molecule has 2 aromatic carbocycles. The fourth-order valence-electron chi connectivity index (χ4n) is 4.88. The number of Topliss-reactive ketones (excluding diaryl/α,β-unsaturated/α-hetero) is 1. The predicted molar refractivity (Wildman–Crippen MR) is 151 cm³/mol. The van der Waals surface area contributed by atoms with Crippen LogP contribution in [0.25, 0.3) is 0 Å². The Morgan fingerprint density at radius 3 is 2.23 bits per heavy atom. The number of hydrogen-bond donors (Lipinski definition) is 0. The van der Waals surface area contributed by atoms with Gasteiger partial charge in [-0.2, -0.15) is 4.31 Å². The lowest BCUT2D eigenvalue weighted by atomic mass is 10.1.